The van der Waals surface area contributed by atoms with Crippen molar-refractivity contribution < 1.29 is 13.6 Å². The Hall–Kier alpha value is -3.75. The number of furan rings is 1. The minimum absolute atomic E-state index is 0.00696. The average molecular weight is 367 g/mol. The lowest BCUT2D eigenvalue weighted by atomic mass is 10.2. The molecule has 4 rings (SSSR count). The molecule has 0 aliphatic rings. The quantitative estimate of drug-likeness (QED) is 0.597. The second-order valence-electron chi connectivity index (χ2n) is 5.89. The van der Waals surface area contributed by atoms with E-state index in [4.69, 9.17) is 4.42 Å². The van der Waals surface area contributed by atoms with Gasteiger partial charge in [-0.15, -0.1) is 0 Å². The Bertz CT molecular complexity index is 1160. The minimum atomic E-state index is -0.427. The predicted molar refractivity (Wildman–Crippen MR) is 94.0 cm³/mol. The molecular formula is C18H14FN5O3. The van der Waals surface area contributed by atoms with Gasteiger partial charge in [0.05, 0.1) is 12.8 Å². The predicted octanol–water partition coefficient (Wildman–Crippen LogP) is 2.31. The van der Waals surface area contributed by atoms with Gasteiger partial charge < -0.3 is 4.42 Å². The molecule has 4 aromatic rings. The molecule has 0 saturated carbocycles. The third kappa shape index (κ3) is 3.22. The van der Waals surface area contributed by atoms with E-state index in [9.17, 15) is 14.0 Å². The molecule has 0 radical (unpaired) electrons. The first kappa shape index (κ1) is 16.7. The van der Waals surface area contributed by atoms with E-state index >= 15 is 0 Å². The van der Waals surface area contributed by atoms with E-state index < -0.39 is 11.7 Å². The molecule has 1 aromatic carbocycles. The van der Waals surface area contributed by atoms with Crippen LogP contribution in [0.5, 0.6) is 0 Å². The number of aromatic amines is 1. The Morgan fingerprint density at radius 2 is 2.04 bits per heavy atom. The molecule has 0 spiro atoms. The van der Waals surface area contributed by atoms with Crippen LogP contribution in [0.25, 0.3) is 5.78 Å². The van der Waals surface area contributed by atoms with Crippen LogP contribution in [0.4, 0.5) is 10.1 Å². The number of rotatable bonds is 4. The van der Waals surface area contributed by atoms with Crippen LogP contribution in [0.15, 0.2) is 57.9 Å². The lowest BCUT2D eigenvalue weighted by Gasteiger charge is -2.20. The smallest absolute Gasteiger partial charge is 0.294 e. The Morgan fingerprint density at radius 3 is 2.74 bits per heavy atom. The van der Waals surface area contributed by atoms with Crippen LogP contribution < -0.4 is 10.5 Å². The second-order valence-corrected chi connectivity index (χ2v) is 5.89. The van der Waals surface area contributed by atoms with Crippen LogP contribution in [0, 0.1) is 12.7 Å². The van der Waals surface area contributed by atoms with Crippen molar-refractivity contribution in [2.75, 3.05) is 4.90 Å². The van der Waals surface area contributed by atoms with E-state index in [1.54, 1.807) is 13.0 Å². The molecule has 0 saturated heterocycles. The third-order valence-electron chi connectivity index (χ3n) is 3.93. The number of hydrogen-bond acceptors (Lipinski definition) is 5. The normalized spacial score (nSPS) is 11.0. The molecular weight excluding hydrogens is 353 g/mol. The van der Waals surface area contributed by atoms with Crippen molar-refractivity contribution in [2.24, 2.45) is 0 Å². The number of H-pyrrole nitrogens is 1. The first-order valence-electron chi connectivity index (χ1n) is 8.07. The number of carbonyl (C=O) groups is 1. The van der Waals surface area contributed by atoms with Gasteiger partial charge in [0.15, 0.2) is 5.76 Å². The number of benzene rings is 1. The van der Waals surface area contributed by atoms with Gasteiger partial charge in [0, 0.05) is 17.4 Å². The van der Waals surface area contributed by atoms with Gasteiger partial charge in [-0.2, -0.15) is 9.50 Å². The Labute approximate surface area is 151 Å². The molecule has 3 aromatic heterocycles. The van der Waals surface area contributed by atoms with Crippen molar-refractivity contribution in [3.05, 3.63) is 82.2 Å². The molecule has 0 aliphatic heterocycles. The molecule has 1 N–H and O–H groups in total. The zero-order chi connectivity index (χ0) is 19.0. The van der Waals surface area contributed by atoms with Gasteiger partial charge in [-0.05, 0) is 43.3 Å². The van der Waals surface area contributed by atoms with Gasteiger partial charge in [0.25, 0.3) is 17.2 Å². The van der Waals surface area contributed by atoms with Gasteiger partial charge >= 0.3 is 0 Å². The van der Waals surface area contributed by atoms with E-state index in [1.807, 2.05) is 0 Å². The van der Waals surface area contributed by atoms with E-state index in [-0.39, 0.29) is 23.6 Å². The fraction of sp³-hybridized carbons (Fsp3) is 0.111. The maximum atomic E-state index is 13.3. The zero-order valence-electron chi connectivity index (χ0n) is 14.2. The number of aryl methyl sites for hydroxylation is 1. The van der Waals surface area contributed by atoms with Crippen LogP contribution in [0.1, 0.15) is 22.1 Å². The molecule has 3 heterocycles. The van der Waals surface area contributed by atoms with Crippen molar-refractivity contribution >= 4 is 17.4 Å². The summed E-state index contributed by atoms with van der Waals surface area (Å²) in [4.78, 5) is 34.7. The van der Waals surface area contributed by atoms with Gasteiger partial charge in [-0.3, -0.25) is 19.6 Å². The molecule has 0 fully saturated rings. The fourth-order valence-electron chi connectivity index (χ4n) is 2.69. The molecule has 136 valence electrons. The van der Waals surface area contributed by atoms with Crippen molar-refractivity contribution in [3.63, 3.8) is 0 Å². The van der Waals surface area contributed by atoms with Crippen molar-refractivity contribution in [1.82, 2.24) is 19.6 Å². The van der Waals surface area contributed by atoms with Gasteiger partial charge in [0.1, 0.15) is 11.6 Å². The summed E-state index contributed by atoms with van der Waals surface area (Å²) in [7, 11) is 0. The van der Waals surface area contributed by atoms with Crippen molar-refractivity contribution in [3.8, 4) is 0 Å². The maximum absolute atomic E-state index is 13.3. The number of halogens is 1. The fourth-order valence-corrected chi connectivity index (χ4v) is 2.69. The molecule has 0 atom stereocenters. The van der Waals surface area contributed by atoms with Gasteiger partial charge in [0.2, 0.25) is 0 Å². The maximum Gasteiger partial charge on any atom is 0.294 e. The molecule has 0 unspecified atom stereocenters. The van der Waals surface area contributed by atoms with E-state index in [0.29, 0.717) is 17.2 Å². The van der Waals surface area contributed by atoms with Crippen molar-refractivity contribution in [1.29, 1.82) is 0 Å². The summed E-state index contributed by atoms with van der Waals surface area (Å²) in [6.45, 7) is 1.70. The highest BCUT2D eigenvalue weighted by Gasteiger charge is 2.22. The first-order chi connectivity index (χ1) is 13.0. The zero-order valence-corrected chi connectivity index (χ0v) is 14.2. The second kappa shape index (κ2) is 6.52. The van der Waals surface area contributed by atoms with Crippen molar-refractivity contribution in [2.45, 2.75) is 13.5 Å². The average Bonchev–Trinajstić information content (AvgIpc) is 3.29. The summed E-state index contributed by atoms with van der Waals surface area (Å²) in [6, 6.07) is 9.98. The number of anilines is 1. The molecule has 0 bridgehead atoms. The lowest BCUT2D eigenvalue weighted by Crippen LogP contribution is -2.30. The number of nitrogens with zero attached hydrogens (tertiary/aromatic N) is 4. The summed E-state index contributed by atoms with van der Waals surface area (Å²) in [6.07, 6.45) is 1.39. The highest BCUT2D eigenvalue weighted by molar-refractivity contribution is 6.04. The largest absolute Gasteiger partial charge is 0.459 e. The summed E-state index contributed by atoms with van der Waals surface area (Å²) in [5, 5.41) is 2.83. The van der Waals surface area contributed by atoms with E-state index in [2.05, 4.69) is 15.1 Å². The number of aromatic nitrogens is 4. The van der Waals surface area contributed by atoms with E-state index in [1.165, 1.54) is 52.1 Å². The molecule has 1 amide bonds. The Morgan fingerprint density at radius 1 is 1.26 bits per heavy atom. The third-order valence-corrected chi connectivity index (χ3v) is 3.93. The SMILES string of the molecule is Cc1cc(=O)n2[nH]c(CN(C(=O)c3ccco3)c3ccc(F)cc3)nc2n1. The lowest BCUT2D eigenvalue weighted by molar-refractivity contribution is 0.0957. The van der Waals surface area contributed by atoms with Crippen LogP contribution in [-0.4, -0.2) is 25.5 Å². The first-order valence-corrected chi connectivity index (χ1v) is 8.07. The van der Waals surface area contributed by atoms with Crippen LogP contribution in [0.3, 0.4) is 0 Å². The van der Waals surface area contributed by atoms with Gasteiger partial charge in [-0.25, -0.2) is 9.37 Å². The Balaban J connectivity index is 1.75. The van der Waals surface area contributed by atoms with Gasteiger partial charge in [-0.1, -0.05) is 0 Å². The van der Waals surface area contributed by atoms with E-state index in [0.717, 1.165) is 0 Å². The standard InChI is InChI=1S/C18H14FN5O3/c1-11-9-16(25)24-18(20-11)21-15(22-24)10-23(13-6-4-12(19)5-7-13)17(26)14-3-2-8-27-14/h2-9H,10H2,1H3,(H,20,21,22). The highest BCUT2D eigenvalue weighted by Crippen LogP contribution is 2.20. The highest BCUT2D eigenvalue weighted by atomic mass is 19.1. The summed E-state index contributed by atoms with van der Waals surface area (Å²) in [5.41, 5.74) is 0.691. The minimum Gasteiger partial charge on any atom is -0.459 e. The Kier molecular flexibility index (Phi) is 4.03. The number of fused-ring (bicyclic) bond motifs is 1. The molecule has 8 nitrogen and oxygen atoms in total. The summed E-state index contributed by atoms with van der Waals surface area (Å²) in [5.74, 6) is -0.168. The number of carbonyl (C=O) groups excluding carboxylic acids is 1. The monoisotopic (exact) mass is 367 g/mol. The summed E-state index contributed by atoms with van der Waals surface area (Å²) >= 11 is 0. The van der Waals surface area contributed by atoms with Crippen LogP contribution in [0.2, 0.25) is 0 Å². The number of nitrogens with one attached hydrogen (secondary N) is 1. The topological polar surface area (TPSA) is 96.5 Å². The molecule has 9 heteroatoms. The molecule has 27 heavy (non-hydrogen) atoms. The van der Waals surface area contributed by atoms with Crippen LogP contribution in [-0.2, 0) is 6.54 Å². The number of amides is 1. The number of hydrogen-bond donors (Lipinski definition) is 1. The summed E-state index contributed by atoms with van der Waals surface area (Å²) < 4.78 is 19.7. The molecule has 0 aliphatic carbocycles. The van der Waals surface area contributed by atoms with Crippen LogP contribution >= 0.6 is 0 Å².